The van der Waals surface area contributed by atoms with Crippen molar-refractivity contribution in [1.29, 1.82) is 0 Å². The van der Waals surface area contributed by atoms with Crippen LogP contribution in [0, 0.1) is 0 Å². The van der Waals surface area contributed by atoms with E-state index >= 15 is 0 Å². The maximum atomic E-state index is 13.0. The number of hydrogen-bond donors (Lipinski definition) is 2. The van der Waals surface area contributed by atoms with E-state index in [4.69, 9.17) is 0 Å². The molecule has 25 heavy (non-hydrogen) atoms. The van der Waals surface area contributed by atoms with Crippen LogP contribution in [-0.4, -0.2) is 32.8 Å². The first-order valence-electron chi connectivity index (χ1n) is 7.07. The average Bonchev–Trinajstić information content (AvgIpc) is 3.05. The molecule has 3 rings (SSSR count). The van der Waals surface area contributed by atoms with Crippen molar-refractivity contribution in [3.8, 4) is 0 Å². The number of carbonyl (C=O) groups is 2. The molecule has 0 spiro atoms. The fraction of sp³-hybridized carbons (Fsp3) is 0.286. The van der Waals surface area contributed by atoms with E-state index in [2.05, 4.69) is 20.7 Å². The summed E-state index contributed by atoms with van der Waals surface area (Å²) in [6.45, 7) is 0. The molecule has 0 saturated heterocycles. The Labute approximate surface area is 144 Å². The molecule has 2 N–H and O–H groups in total. The van der Waals surface area contributed by atoms with Crippen LogP contribution in [0.15, 0.2) is 29.4 Å². The van der Waals surface area contributed by atoms with Gasteiger partial charge in [-0.3, -0.25) is 14.9 Å². The van der Waals surface area contributed by atoms with Crippen molar-refractivity contribution in [2.45, 2.75) is 23.8 Å². The lowest BCUT2D eigenvalue weighted by molar-refractivity contribution is -0.137. The number of nitrogens with one attached hydrogen (secondary N) is 2. The van der Waals surface area contributed by atoms with Gasteiger partial charge in [0.1, 0.15) is 6.04 Å². The lowest BCUT2D eigenvalue weighted by Gasteiger charge is -2.14. The molecular weight excluding hydrogens is 359 g/mol. The highest BCUT2D eigenvalue weighted by molar-refractivity contribution is 7.98. The van der Waals surface area contributed by atoms with Crippen LogP contribution >= 0.6 is 11.8 Å². The predicted octanol–water partition coefficient (Wildman–Crippen LogP) is 2.54. The Balaban J connectivity index is 1.76. The number of amides is 2. The van der Waals surface area contributed by atoms with Crippen LogP contribution in [0.4, 0.5) is 24.8 Å². The van der Waals surface area contributed by atoms with Gasteiger partial charge >= 0.3 is 6.18 Å². The van der Waals surface area contributed by atoms with Gasteiger partial charge in [0.2, 0.25) is 17.0 Å². The summed E-state index contributed by atoms with van der Waals surface area (Å²) >= 11 is 1.26. The van der Waals surface area contributed by atoms with Gasteiger partial charge in [0.05, 0.1) is 17.7 Å². The molecule has 1 aromatic heterocycles. The smallest absolute Gasteiger partial charge is 0.325 e. The van der Waals surface area contributed by atoms with Crippen LogP contribution in [-0.2, 0) is 15.8 Å². The minimum Gasteiger partial charge on any atom is -0.325 e. The van der Waals surface area contributed by atoms with Crippen molar-refractivity contribution in [3.63, 3.8) is 0 Å². The number of hydrogen-bond acceptors (Lipinski definition) is 5. The molecule has 1 atom stereocenters. The van der Waals surface area contributed by atoms with Crippen LogP contribution in [0.1, 0.15) is 18.0 Å². The van der Waals surface area contributed by atoms with Gasteiger partial charge in [0.15, 0.2) is 0 Å². The summed E-state index contributed by atoms with van der Waals surface area (Å²) in [7, 11) is 0. The molecule has 2 amide bonds. The second-order valence-corrected chi connectivity index (χ2v) is 5.94. The summed E-state index contributed by atoms with van der Waals surface area (Å²) in [6.07, 6.45) is -3.20. The Morgan fingerprint density at radius 1 is 1.40 bits per heavy atom. The Bertz CT molecular complexity index is 836. The van der Waals surface area contributed by atoms with Gasteiger partial charge in [-0.2, -0.15) is 18.2 Å². The molecule has 1 aliphatic heterocycles. The molecule has 0 saturated carbocycles. The zero-order valence-electron chi connectivity index (χ0n) is 12.8. The molecule has 0 fully saturated rings. The summed E-state index contributed by atoms with van der Waals surface area (Å²) in [4.78, 5) is 28.1. The fourth-order valence-corrected chi connectivity index (χ4v) is 2.74. The third-order valence-corrected chi connectivity index (χ3v) is 4.05. The predicted molar refractivity (Wildman–Crippen MR) is 84.2 cm³/mol. The highest BCUT2D eigenvalue weighted by Gasteiger charge is 2.36. The van der Waals surface area contributed by atoms with Crippen LogP contribution < -0.4 is 10.6 Å². The van der Waals surface area contributed by atoms with Crippen LogP contribution in [0.2, 0.25) is 0 Å². The number of anilines is 2. The first-order valence-corrected chi connectivity index (χ1v) is 8.29. The minimum absolute atomic E-state index is 0.211. The summed E-state index contributed by atoms with van der Waals surface area (Å²) in [5.74, 6) is -1.00. The maximum absolute atomic E-state index is 13.0. The largest absolute Gasteiger partial charge is 0.418 e. The Hall–Kier alpha value is -2.56. The standard InChI is InChI=1S/C14H12F3N5O2S/c1-25-13-20-12-19-11(24)9(22(12)21-13)6-10(23)18-8-5-3-2-4-7(8)14(15,16)17/h2-5,9H,6H2,1H3,(H,18,23)(H,19,20,21,24)/t9-/m1/s1. The molecular formula is C14H12F3N5O2S. The monoisotopic (exact) mass is 371 g/mol. The quantitative estimate of drug-likeness (QED) is 0.807. The number of alkyl halides is 3. The second-order valence-electron chi connectivity index (χ2n) is 5.17. The van der Waals surface area contributed by atoms with E-state index in [1.807, 2.05) is 0 Å². The number of halogens is 3. The number of aromatic nitrogens is 3. The SMILES string of the molecule is CSc1nc2n(n1)[C@H](CC(=O)Nc1ccccc1C(F)(F)F)C(=O)N2. The molecule has 2 heterocycles. The third kappa shape index (κ3) is 3.45. The molecule has 132 valence electrons. The Morgan fingerprint density at radius 2 is 2.12 bits per heavy atom. The van der Waals surface area contributed by atoms with E-state index in [0.29, 0.717) is 5.16 Å². The lowest BCUT2D eigenvalue weighted by Crippen LogP contribution is -2.24. The first kappa shape index (κ1) is 17.3. The highest BCUT2D eigenvalue weighted by atomic mass is 32.2. The number of benzene rings is 1. The van der Waals surface area contributed by atoms with Crippen LogP contribution in [0.5, 0.6) is 0 Å². The van der Waals surface area contributed by atoms with Crippen molar-refractivity contribution in [2.75, 3.05) is 16.9 Å². The normalized spacial score (nSPS) is 16.5. The summed E-state index contributed by atoms with van der Waals surface area (Å²) < 4.78 is 40.2. The van der Waals surface area contributed by atoms with Crippen molar-refractivity contribution in [2.24, 2.45) is 0 Å². The van der Waals surface area contributed by atoms with Crippen LogP contribution in [0.25, 0.3) is 0 Å². The van der Waals surface area contributed by atoms with Gasteiger partial charge in [-0.25, -0.2) is 4.68 Å². The van der Waals surface area contributed by atoms with E-state index in [1.165, 1.54) is 28.6 Å². The fourth-order valence-electron chi connectivity index (χ4n) is 2.39. The van der Waals surface area contributed by atoms with Gasteiger partial charge in [0.25, 0.3) is 5.91 Å². The van der Waals surface area contributed by atoms with Crippen molar-refractivity contribution >= 4 is 35.2 Å². The number of carbonyl (C=O) groups excluding carboxylic acids is 2. The molecule has 7 nitrogen and oxygen atoms in total. The van der Waals surface area contributed by atoms with Crippen molar-refractivity contribution in [3.05, 3.63) is 29.8 Å². The van der Waals surface area contributed by atoms with Crippen molar-refractivity contribution < 1.29 is 22.8 Å². The first-order chi connectivity index (χ1) is 11.8. The molecule has 0 bridgehead atoms. The average molecular weight is 371 g/mol. The van der Waals surface area contributed by atoms with Gasteiger partial charge in [-0.15, -0.1) is 5.10 Å². The zero-order valence-corrected chi connectivity index (χ0v) is 13.6. The molecule has 1 aromatic carbocycles. The maximum Gasteiger partial charge on any atom is 0.418 e. The van der Waals surface area contributed by atoms with Gasteiger partial charge in [-0.05, 0) is 18.4 Å². The molecule has 0 unspecified atom stereocenters. The van der Waals surface area contributed by atoms with Gasteiger partial charge in [0, 0.05) is 0 Å². The molecule has 2 aromatic rings. The number of rotatable bonds is 4. The zero-order chi connectivity index (χ0) is 18.2. The topological polar surface area (TPSA) is 88.9 Å². The summed E-state index contributed by atoms with van der Waals surface area (Å²) in [6, 6.07) is 3.68. The second kappa shape index (κ2) is 6.39. The third-order valence-electron chi connectivity index (χ3n) is 3.51. The Morgan fingerprint density at radius 3 is 2.80 bits per heavy atom. The van der Waals surface area contributed by atoms with E-state index in [9.17, 15) is 22.8 Å². The molecule has 0 radical (unpaired) electrons. The highest BCUT2D eigenvalue weighted by Crippen LogP contribution is 2.35. The summed E-state index contributed by atoms with van der Waals surface area (Å²) in [5.41, 5.74) is -1.31. The van der Waals surface area contributed by atoms with Gasteiger partial charge < -0.3 is 5.32 Å². The van der Waals surface area contributed by atoms with E-state index < -0.39 is 29.6 Å². The van der Waals surface area contributed by atoms with Gasteiger partial charge in [-0.1, -0.05) is 23.9 Å². The van der Waals surface area contributed by atoms with Crippen LogP contribution in [0.3, 0.4) is 0 Å². The van der Waals surface area contributed by atoms with Crippen molar-refractivity contribution in [1.82, 2.24) is 14.8 Å². The number of fused-ring (bicyclic) bond motifs is 1. The number of nitrogens with zero attached hydrogens (tertiary/aromatic N) is 3. The molecule has 11 heteroatoms. The minimum atomic E-state index is -4.60. The van der Waals surface area contributed by atoms with E-state index in [0.717, 1.165) is 12.1 Å². The summed E-state index contributed by atoms with van der Waals surface area (Å²) in [5, 5.41) is 9.20. The lowest BCUT2D eigenvalue weighted by atomic mass is 10.1. The molecule has 0 aliphatic carbocycles. The van der Waals surface area contributed by atoms with E-state index in [1.54, 1.807) is 6.26 Å². The van der Waals surface area contributed by atoms with E-state index in [-0.39, 0.29) is 18.1 Å². The Kier molecular flexibility index (Phi) is 4.41. The number of thioether (sulfide) groups is 1. The molecule has 1 aliphatic rings. The number of para-hydroxylation sites is 1.